The van der Waals surface area contributed by atoms with E-state index in [0.29, 0.717) is 17.8 Å². The molecule has 2 aromatic rings. The highest BCUT2D eigenvalue weighted by atomic mass is 19.4. The average Bonchev–Trinajstić information content (AvgIpc) is 2.52. The van der Waals surface area contributed by atoms with Crippen LogP contribution in [0.3, 0.4) is 0 Å². The monoisotopic (exact) mass is 337 g/mol. The van der Waals surface area contributed by atoms with E-state index in [0.717, 1.165) is 12.1 Å². The van der Waals surface area contributed by atoms with E-state index in [9.17, 15) is 18.0 Å². The number of anilines is 1. The number of carbonyl (C=O) groups excluding carboxylic acids is 1. The van der Waals surface area contributed by atoms with Crippen molar-refractivity contribution >= 4 is 11.6 Å². The molecule has 1 aromatic carbocycles. The second-order valence-electron chi connectivity index (χ2n) is 6.10. The predicted molar refractivity (Wildman–Crippen MR) is 85.7 cm³/mol. The summed E-state index contributed by atoms with van der Waals surface area (Å²) < 4.78 is 38.6. The number of nitrogens with two attached hydrogens (primary N) is 1. The number of hydrogen-bond donors (Lipinski definition) is 2. The number of benzene rings is 1. The molecular weight excluding hydrogens is 319 g/mol. The number of aromatic nitrogens is 1. The Morgan fingerprint density at radius 2 is 1.88 bits per heavy atom. The second kappa shape index (κ2) is 6.51. The maximum Gasteiger partial charge on any atom is 0.416 e. The van der Waals surface area contributed by atoms with Crippen molar-refractivity contribution in [1.29, 1.82) is 0 Å². The van der Waals surface area contributed by atoms with Crippen molar-refractivity contribution in [3.8, 4) is 0 Å². The highest BCUT2D eigenvalue weighted by Gasteiger charge is 2.32. The summed E-state index contributed by atoms with van der Waals surface area (Å²) in [7, 11) is 0. The van der Waals surface area contributed by atoms with Crippen LogP contribution in [0, 0.1) is 0 Å². The van der Waals surface area contributed by atoms with Crippen LogP contribution in [0.2, 0.25) is 0 Å². The zero-order chi connectivity index (χ0) is 18.0. The van der Waals surface area contributed by atoms with Crippen LogP contribution in [0.25, 0.3) is 0 Å². The van der Waals surface area contributed by atoms with Gasteiger partial charge in [-0.1, -0.05) is 32.0 Å². The fourth-order valence-corrected chi connectivity index (χ4v) is 2.28. The summed E-state index contributed by atoms with van der Waals surface area (Å²) >= 11 is 0. The van der Waals surface area contributed by atoms with Crippen LogP contribution in [0.4, 0.5) is 18.9 Å². The topological polar surface area (TPSA) is 68.0 Å². The van der Waals surface area contributed by atoms with Crippen LogP contribution in [0.5, 0.6) is 0 Å². The van der Waals surface area contributed by atoms with Gasteiger partial charge in [-0.15, -0.1) is 0 Å². The molecule has 0 fully saturated rings. The number of nitrogens with one attached hydrogen (secondary N) is 1. The Labute approximate surface area is 137 Å². The predicted octanol–water partition coefficient (Wildman–Crippen LogP) is 3.59. The first-order valence-electron chi connectivity index (χ1n) is 7.27. The van der Waals surface area contributed by atoms with Gasteiger partial charge in [0.15, 0.2) is 0 Å². The van der Waals surface area contributed by atoms with Gasteiger partial charge in [0.05, 0.1) is 16.8 Å². The lowest BCUT2D eigenvalue weighted by Gasteiger charge is -2.27. The lowest BCUT2D eigenvalue weighted by molar-refractivity contribution is -0.137. The van der Waals surface area contributed by atoms with Crippen LogP contribution < -0.4 is 11.1 Å². The molecule has 0 atom stereocenters. The first kappa shape index (κ1) is 17.8. The smallest absolute Gasteiger partial charge is 0.383 e. The van der Waals surface area contributed by atoms with Crippen LogP contribution >= 0.6 is 0 Å². The zero-order valence-electron chi connectivity index (χ0n) is 13.3. The van der Waals surface area contributed by atoms with Gasteiger partial charge < -0.3 is 11.1 Å². The average molecular weight is 337 g/mol. The van der Waals surface area contributed by atoms with E-state index in [1.54, 1.807) is 12.1 Å². The molecule has 0 radical (unpaired) electrons. The molecule has 0 aliphatic carbocycles. The third-order valence-electron chi connectivity index (χ3n) is 3.78. The largest absolute Gasteiger partial charge is 0.416 e. The number of hydrogen-bond acceptors (Lipinski definition) is 3. The van der Waals surface area contributed by atoms with Gasteiger partial charge >= 0.3 is 6.18 Å². The lowest BCUT2D eigenvalue weighted by Crippen LogP contribution is -2.29. The Hall–Kier alpha value is -2.57. The quantitative estimate of drug-likeness (QED) is 0.876. The van der Waals surface area contributed by atoms with Crippen LogP contribution in [0.1, 0.15) is 35.3 Å². The third-order valence-corrected chi connectivity index (χ3v) is 3.78. The lowest BCUT2D eigenvalue weighted by atomic mass is 9.83. The minimum Gasteiger partial charge on any atom is -0.383 e. The molecule has 0 saturated carbocycles. The number of alkyl halides is 3. The molecule has 0 spiro atoms. The molecule has 1 heterocycles. The number of nitrogens with zero attached hydrogens (tertiary/aromatic N) is 1. The van der Waals surface area contributed by atoms with E-state index in [1.165, 1.54) is 18.5 Å². The normalized spacial score (nSPS) is 12.0. The van der Waals surface area contributed by atoms with E-state index in [1.807, 2.05) is 13.8 Å². The van der Waals surface area contributed by atoms with Crippen molar-refractivity contribution < 1.29 is 18.0 Å². The minimum absolute atomic E-state index is 0.234. The van der Waals surface area contributed by atoms with Gasteiger partial charge in [0, 0.05) is 24.4 Å². The molecule has 0 unspecified atom stereocenters. The number of rotatable bonds is 5. The van der Waals surface area contributed by atoms with E-state index in [2.05, 4.69) is 10.3 Å². The molecule has 3 N–H and O–H groups in total. The SMILES string of the molecule is CC(C)(CNc1ccncc1C(N)=O)c1cccc(C(F)(F)F)c1. The highest BCUT2D eigenvalue weighted by Crippen LogP contribution is 2.33. The molecule has 1 aromatic heterocycles. The van der Waals surface area contributed by atoms with E-state index in [4.69, 9.17) is 5.73 Å². The Morgan fingerprint density at radius 3 is 2.50 bits per heavy atom. The van der Waals surface area contributed by atoms with E-state index < -0.39 is 23.1 Å². The summed E-state index contributed by atoms with van der Waals surface area (Å²) in [5, 5.41) is 3.07. The molecule has 4 nitrogen and oxygen atoms in total. The Kier molecular flexibility index (Phi) is 4.82. The van der Waals surface area contributed by atoms with E-state index in [-0.39, 0.29) is 5.56 Å². The summed E-state index contributed by atoms with van der Waals surface area (Å²) in [5.74, 6) is -0.623. The number of pyridine rings is 1. The fourth-order valence-electron chi connectivity index (χ4n) is 2.28. The van der Waals surface area contributed by atoms with Gasteiger partial charge in [-0.25, -0.2) is 0 Å². The highest BCUT2D eigenvalue weighted by molar-refractivity contribution is 5.98. The summed E-state index contributed by atoms with van der Waals surface area (Å²) in [6, 6.07) is 6.83. The van der Waals surface area contributed by atoms with Crippen LogP contribution in [-0.4, -0.2) is 17.4 Å². The van der Waals surface area contributed by atoms with Crippen molar-refractivity contribution in [2.45, 2.75) is 25.4 Å². The Bertz CT molecular complexity index is 742. The van der Waals surface area contributed by atoms with Crippen molar-refractivity contribution in [2.75, 3.05) is 11.9 Å². The van der Waals surface area contributed by atoms with Gasteiger partial charge in [-0.2, -0.15) is 13.2 Å². The third kappa shape index (κ3) is 4.04. The molecule has 7 heteroatoms. The summed E-state index contributed by atoms with van der Waals surface area (Å²) in [6.45, 7) is 3.96. The molecule has 0 bridgehead atoms. The van der Waals surface area contributed by atoms with E-state index >= 15 is 0 Å². The first-order chi connectivity index (χ1) is 11.1. The standard InChI is InChI=1S/C17H18F3N3O/c1-16(2,11-4-3-5-12(8-11)17(18,19)20)10-23-14-6-7-22-9-13(14)15(21)24/h3-9H,10H2,1-2H3,(H2,21,24)(H,22,23). The second-order valence-corrected chi connectivity index (χ2v) is 6.10. The molecule has 0 aliphatic rings. The molecule has 128 valence electrons. The van der Waals surface area contributed by atoms with Gasteiger partial charge in [0.1, 0.15) is 0 Å². The Balaban J connectivity index is 2.22. The van der Waals surface area contributed by atoms with Crippen molar-refractivity contribution in [1.82, 2.24) is 4.98 Å². The van der Waals surface area contributed by atoms with Crippen LogP contribution in [-0.2, 0) is 11.6 Å². The van der Waals surface area contributed by atoms with Crippen molar-refractivity contribution in [3.63, 3.8) is 0 Å². The van der Waals surface area contributed by atoms with Gasteiger partial charge in [0.2, 0.25) is 0 Å². The molecule has 24 heavy (non-hydrogen) atoms. The first-order valence-corrected chi connectivity index (χ1v) is 7.27. The summed E-state index contributed by atoms with van der Waals surface area (Å²) in [4.78, 5) is 15.2. The maximum absolute atomic E-state index is 12.9. The number of amides is 1. The number of halogens is 3. The summed E-state index contributed by atoms with van der Waals surface area (Å²) in [6.07, 6.45) is -1.53. The van der Waals surface area contributed by atoms with Gasteiger partial charge in [-0.3, -0.25) is 9.78 Å². The van der Waals surface area contributed by atoms with Crippen LogP contribution in [0.15, 0.2) is 42.7 Å². The van der Waals surface area contributed by atoms with Gasteiger partial charge in [-0.05, 0) is 17.7 Å². The van der Waals surface area contributed by atoms with Crippen molar-refractivity contribution in [2.24, 2.45) is 5.73 Å². The molecular formula is C17H18F3N3O. The maximum atomic E-state index is 12.9. The molecule has 1 amide bonds. The Morgan fingerprint density at radius 1 is 1.21 bits per heavy atom. The minimum atomic E-state index is -4.39. The zero-order valence-corrected chi connectivity index (χ0v) is 13.3. The molecule has 2 rings (SSSR count). The van der Waals surface area contributed by atoms with Crippen molar-refractivity contribution in [3.05, 3.63) is 59.4 Å². The molecule has 0 saturated heterocycles. The molecule has 0 aliphatic heterocycles. The summed E-state index contributed by atoms with van der Waals surface area (Å²) in [5.41, 5.74) is 5.28. The fraction of sp³-hybridized carbons (Fsp3) is 0.294. The van der Waals surface area contributed by atoms with Gasteiger partial charge in [0.25, 0.3) is 5.91 Å². The number of primary amides is 1. The number of carbonyl (C=O) groups is 1.